The number of hydrogen-bond donors (Lipinski definition) is 0. The molecular formula is C19H36O2. The third-order valence-corrected chi connectivity index (χ3v) is 5.10. The molecule has 2 heteroatoms. The molecule has 2 fully saturated rings. The van der Waals surface area contributed by atoms with E-state index in [0.717, 1.165) is 13.2 Å². The minimum absolute atomic E-state index is 0.586. The Kier molecular flexibility index (Phi) is 9.45. The molecule has 0 unspecified atom stereocenters. The van der Waals surface area contributed by atoms with Crippen LogP contribution in [0.25, 0.3) is 0 Å². The van der Waals surface area contributed by atoms with Gasteiger partial charge in [-0.05, 0) is 38.5 Å². The van der Waals surface area contributed by atoms with E-state index in [9.17, 15) is 0 Å². The van der Waals surface area contributed by atoms with Crippen molar-refractivity contribution in [3.8, 4) is 0 Å². The third kappa shape index (κ3) is 8.21. The van der Waals surface area contributed by atoms with Gasteiger partial charge in [0, 0.05) is 13.2 Å². The molecular weight excluding hydrogens is 260 g/mol. The van der Waals surface area contributed by atoms with E-state index in [2.05, 4.69) is 0 Å². The van der Waals surface area contributed by atoms with Gasteiger partial charge in [-0.2, -0.15) is 0 Å². The maximum Gasteiger partial charge on any atom is 0.0575 e. The second kappa shape index (κ2) is 11.5. The van der Waals surface area contributed by atoms with Gasteiger partial charge in [0.05, 0.1) is 12.2 Å². The quantitative estimate of drug-likeness (QED) is 0.486. The first-order valence-corrected chi connectivity index (χ1v) is 9.68. The SMILES string of the molecule is C(CCCOC1CCCCC1)CCCOC1CCCCC1. The lowest BCUT2D eigenvalue weighted by atomic mass is 9.98. The van der Waals surface area contributed by atoms with Crippen LogP contribution in [-0.4, -0.2) is 25.4 Å². The van der Waals surface area contributed by atoms with E-state index in [4.69, 9.17) is 9.47 Å². The van der Waals surface area contributed by atoms with Crippen LogP contribution in [0.15, 0.2) is 0 Å². The van der Waals surface area contributed by atoms with Crippen molar-refractivity contribution in [1.82, 2.24) is 0 Å². The van der Waals surface area contributed by atoms with E-state index in [1.54, 1.807) is 0 Å². The van der Waals surface area contributed by atoms with E-state index in [0.29, 0.717) is 12.2 Å². The second-order valence-corrected chi connectivity index (χ2v) is 7.03. The van der Waals surface area contributed by atoms with Crippen LogP contribution < -0.4 is 0 Å². The van der Waals surface area contributed by atoms with Crippen molar-refractivity contribution in [2.75, 3.05) is 13.2 Å². The molecule has 0 bridgehead atoms. The van der Waals surface area contributed by atoms with E-state index >= 15 is 0 Å². The van der Waals surface area contributed by atoms with Crippen LogP contribution in [0.3, 0.4) is 0 Å². The molecule has 21 heavy (non-hydrogen) atoms. The lowest BCUT2D eigenvalue weighted by molar-refractivity contribution is 0.0238. The first-order valence-electron chi connectivity index (χ1n) is 9.68. The zero-order chi connectivity index (χ0) is 14.6. The van der Waals surface area contributed by atoms with Crippen molar-refractivity contribution in [2.24, 2.45) is 0 Å². The van der Waals surface area contributed by atoms with Gasteiger partial charge in [0.15, 0.2) is 0 Å². The van der Waals surface area contributed by atoms with Crippen LogP contribution in [0.4, 0.5) is 0 Å². The topological polar surface area (TPSA) is 18.5 Å². The van der Waals surface area contributed by atoms with Crippen LogP contribution in [0.1, 0.15) is 96.3 Å². The van der Waals surface area contributed by atoms with Crippen molar-refractivity contribution < 1.29 is 9.47 Å². The molecule has 2 rings (SSSR count). The fourth-order valence-electron chi connectivity index (χ4n) is 3.70. The minimum atomic E-state index is 0.586. The average Bonchev–Trinajstić information content (AvgIpc) is 2.55. The highest BCUT2D eigenvalue weighted by Gasteiger charge is 2.13. The Hall–Kier alpha value is -0.0800. The van der Waals surface area contributed by atoms with Gasteiger partial charge < -0.3 is 9.47 Å². The van der Waals surface area contributed by atoms with E-state index in [1.165, 1.54) is 96.3 Å². The van der Waals surface area contributed by atoms with Crippen LogP contribution in [-0.2, 0) is 9.47 Å². The van der Waals surface area contributed by atoms with Crippen molar-refractivity contribution >= 4 is 0 Å². The monoisotopic (exact) mass is 296 g/mol. The fraction of sp³-hybridized carbons (Fsp3) is 1.00. The van der Waals surface area contributed by atoms with Crippen molar-refractivity contribution in [3.63, 3.8) is 0 Å². The summed E-state index contributed by atoms with van der Waals surface area (Å²) in [4.78, 5) is 0. The van der Waals surface area contributed by atoms with Gasteiger partial charge in [-0.3, -0.25) is 0 Å². The van der Waals surface area contributed by atoms with Gasteiger partial charge in [0.1, 0.15) is 0 Å². The highest BCUT2D eigenvalue weighted by Crippen LogP contribution is 2.21. The average molecular weight is 296 g/mol. The van der Waals surface area contributed by atoms with Crippen LogP contribution in [0.2, 0.25) is 0 Å². The zero-order valence-corrected chi connectivity index (χ0v) is 14.0. The molecule has 0 radical (unpaired) electrons. The molecule has 0 atom stereocenters. The van der Waals surface area contributed by atoms with Gasteiger partial charge in [0.25, 0.3) is 0 Å². The Morgan fingerprint density at radius 1 is 0.476 bits per heavy atom. The summed E-state index contributed by atoms with van der Waals surface area (Å²) in [7, 11) is 0. The maximum absolute atomic E-state index is 5.97. The molecule has 0 aromatic rings. The smallest absolute Gasteiger partial charge is 0.0575 e. The van der Waals surface area contributed by atoms with Gasteiger partial charge in [0.2, 0.25) is 0 Å². The maximum atomic E-state index is 5.97. The largest absolute Gasteiger partial charge is 0.378 e. The Morgan fingerprint density at radius 2 is 0.857 bits per heavy atom. The molecule has 2 aliphatic carbocycles. The molecule has 2 nitrogen and oxygen atoms in total. The van der Waals surface area contributed by atoms with E-state index in [-0.39, 0.29) is 0 Å². The molecule has 2 aliphatic rings. The summed E-state index contributed by atoms with van der Waals surface area (Å²) >= 11 is 0. The predicted molar refractivity (Wildman–Crippen MR) is 88.7 cm³/mol. The first-order chi connectivity index (χ1) is 10.4. The van der Waals surface area contributed by atoms with Crippen LogP contribution in [0, 0.1) is 0 Å². The highest BCUT2D eigenvalue weighted by atomic mass is 16.5. The summed E-state index contributed by atoms with van der Waals surface area (Å²) in [6, 6.07) is 0. The molecule has 0 aromatic carbocycles. The summed E-state index contributed by atoms with van der Waals surface area (Å²) < 4.78 is 11.9. The summed E-state index contributed by atoms with van der Waals surface area (Å²) in [6.45, 7) is 1.98. The Labute approximate surface area is 132 Å². The van der Waals surface area contributed by atoms with Crippen molar-refractivity contribution in [1.29, 1.82) is 0 Å². The molecule has 0 spiro atoms. The number of ether oxygens (including phenoxy) is 2. The summed E-state index contributed by atoms with van der Waals surface area (Å²) in [5.74, 6) is 0. The third-order valence-electron chi connectivity index (χ3n) is 5.10. The summed E-state index contributed by atoms with van der Waals surface area (Å²) in [5.41, 5.74) is 0. The molecule has 0 heterocycles. The molecule has 0 saturated heterocycles. The van der Waals surface area contributed by atoms with Crippen LogP contribution >= 0.6 is 0 Å². The van der Waals surface area contributed by atoms with Gasteiger partial charge in [-0.1, -0.05) is 57.8 Å². The molecule has 2 saturated carbocycles. The first kappa shape index (κ1) is 17.3. The van der Waals surface area contributed by atoms with Gasteiger partial charge in [-0.15, -0.1) is 0 Å². The standard InChI is InChI=1S/C19H36O2/c1(2-10-16-20-18-12-6-4-7-13-18)3-11-17-21-19-14-8-5-9-15-19/h18-19H,1-17H2. The lowest BCUT2D eigenvalue weighted by Gasteiger charge is -2.22. The molecule has 0 N–H and O–H groups in total. The molecule has 0 aromatic heterocycles. The van der Waals surface area contributed by atoms with E-state index < -0.39 is 0 Å². The number of hydrogen-bond acceptors (Lipinski definition) is 2. The molecule has 0 amide bonds. The summed E-state index contributed by atoms with van der Waals surface area (Å²) in [5, 5.41) is 0. The zero-order valence-electron chi connectivity index (χ0n) is 14.0. The minimum Gasteiger partial charge on any atom is -0.378 e. The second-order valence-electron chi connectivity index (χ2n) is 7.03. The Balaban J connectivity index is 1.30. The van der Waals surface area contributed by atoms with Gasteiger partial charge >= 0.3 is 0 Å². The van der Waals surface area contributed by atoms with E-state index in [1.807, 2.05) is 0 Å². The normalized spacial score (nSPS) is 21.7. The Bertz CT molecular complexity index is 206. The Morgan fingerprint density at radius 3 is 1.29 bits per heavy atom. The lowest BCUT2D eigenvalue weighted by Crippen LogP contribution is -2.17. The number of unbranched alkanes of at least 4 members (excludes halogenated alkanes) is 4. The number of rotatable bonds is 10. The van der Waals surface area contributed by atoms with Crippen molar-refractivity contribution in [2.45, 2.75) is 109 Å². The molecule has 124 valence electrons. The summed E-state index contributed by atoms with van der Waals surface area (Å²) in [6.07, 6.45) is 21.3. The van der Waals surface area contributed by atoms with Gasteiger partial charge in [-0.25, -0.2) is 0 Å². The fourth-order valence-corrected chi connectivity index (χ4v) is 3.70. The molecule has 0 aliphatic heterocycles. The predicted octanol–water partition coefficient (Wildman–Crippen LogP) is 5.64. The van der Waals surface area contributed by atoms with Crippen LogP contribution in [0.5, 0.6) is 0 Å². The highest BCUT2D eigenvalue weighted by molar-refractivity contribution is 4.65. The van der Waals surface area contributed by atoms with Crippen molar-refractivity contribution in [3.05, 3.63) is 0 Å².